The maximum Gasteiger partial charge on any atom is 0.154 e. The number of fused-ring (bicyclic) bond motifs is 1. The van der Waals surface area contributed by atoms with Gasteiger partial charge in [-0.1, -0.05) is 12.8 Å². The summed E-state index contributed by atoms with van der Waals surface area (Å²) in [5, 5.41) is 3.39. The normalized spacial score (nSPS) is 15.6. The van der Waals surface area contributed by atoms with E-state index in [9.17, 15) is 0 Å². The summed E-state index contributed by atoms with van der Waals surface area (Å²) in [6.45, 7) is 1.01. The number of hydrogen-bond acceptors (Lipinski definition) is 3. The summed E-state index contributed by atoms with van der Waals surface area (Å²) < 4.78 is 2.02. The van der Waals surface area contributed by atoms with Gasteiger partial charge < -0.3 is 9.88 Å². The van der Waals surface area contributed by atoms with Crippen molar-refractivity contribution < 1.29 is 0 Å². The first-order valence-corrected chi connectivity index (χ1v) is 5.84. The maximum absolute atomic E-state index is 4.37. The van der Waals surface area contributed by atoms with Gasteiger partial charge in [0, 0.05) is 19.8 Å². The van der Waals surface area contributed by atoms with Gasteiger partial charge in [-0.25, -0.2) is 9.97 Å². The number of imidazole rings is 1. The van der Waals surface area contributed by atoms with Crippen LogP contribution in [0.25, 0.3) is 11.0 Å². The molecular formula is C12H16N4. The largest absolute Gasteiger partial charge is 0.368 e. The van der Waals surface area contributed by atoms with Crippen LogP contribution in [0.5, 0.6) is 0 Å². The molecular weight excluding hydrogens is 200 g/mol. The van der Waals surface area contributed by atoms with Crippen LogP contribution in [0, 0.1) is 5.92 Å². The minimum atomic E-state index is 0.916. The molecule has 16 heavy (non-hydrogen) atoms. The van der Waals surface area contributed by atoms with Gasteiger partial charge >= 0.3 is 0 Å². The molecule has 1 N–H and O–H groups in total. The number of hydrogen-bond donors (Lipinski definition) is 1. The van der Waals surface area contributed by atoms with Crippen LogP contribution >= 0.6 is 0 Å². The number of nitrogens with zero attached hydrogens (tertiary/aromatic N) is 3. The molecule has 0 aromatic carbocycles. The fraction of sp³-hybridized carbons (Fsp3) is 0.500. The lowest BCUT2D eigenvalue weighted by molar-refractivity contribution is 0.759. The van der Waals surface area contributed by atoms with Gasteiger partial charge in [-0.05, 0) is 18.4 Å². The van der Waals surface area contributed by atoms with Crippen LogP contribution in [0.15, 0.2) is 18.6 Å². The van der Waals surface area contributed by atoms with E-state index >= 15 is 0 Å². The molecule has 1 saturated carbocycles. The molecule has 0 unspecified atom stereocenters. The first kappa shape index (κ1) is 9.63. The Morgan fingerprint density at radius 1 is 1.44 bits per heavy atom. The predicted molar refractivity (Wildman–Crippen MR) is 64.3 cm³/mol. The zero-order valence-corrected chi connectivity index (χ0v) is 9.48. The van der Waals surface area contributed by atoms with Crippen molar-refractivity contribution in [2.45, 2.75) is 19.3 Å². The Bertz CT molecular complexity index is 499. The molecule has 4 nitrogen and oxygen atoms in total. The minimum absolute atomic E-state index is 0.916. The van der Waals surface area contributed by atoms with Crippen molar-refractivity contribution in [3.05, 3.63) is 18.6 Å². The van der Waals surface area contributed by atoms with Crippen molar-refractivity contribution in [3.63, 3.8) is 0 Å². The Kier molecular flexibility index (Phi) is 2.27. The Morgan fingerprint density at radius 3 is 3.12 bits per heavy atom. The number of aromatic nitrogens is 3. The monoisotopic (exact) mass is 216 g/mol. The summed E-state index contributed by atoms with van der Waals surface area (Å²) in [4.78, 5) is 8.72. The molecule has 3 rings (SSSR count). The zero-order valence-electron chi connectivity index (χ0n) is 9.48. The molecule has 0 bridgehead atoms. The molecule has 0 radical (unpaired) electrons. The Balaban J connectivity index is 1.79. The maximum atomic E-state index is 4.37. The third-order valence-corrected chi connectivity index (χ3v) is 3.18. The molecule has 0 saturated heterocycles. The molecule has 0 aliphatic heterocycles. The second-order valence-corrected chi connectivity index (χ2v) is 4.54. The van der Waals surface area contributed by atoms with E-state index < -0.39 is 0 Å². The molecule has 0 spiro atoms. The Labute approximate surface area is 94.7 Å². The summed E-state index contributed by atoms with van der Waals surface area (Å²) in [6.07, 6.45) is 7.73. The predicted octanol–water partition coefficient (Wildman–Crippen LogP) is 2.18. The highest BCUT2D eigenvalue weighted by molar-refractivity contribution is 5.85. The van der Waals surface area contributed by atoms with E-state index in [-0.39, 0.29) is 0 Å². The van der Waals surface area contributed by atoms with Crippen molar-refractivity contribution in [1.29, 1.82) is 0 Å². The van der Waals surface area contributed by atoms with Crippen molar-refractivity contribution >= 4 is 16.9 Å². The van der Waals surface area contributed by atoms with E-state index in [0.29, 0.717) is 0 Å². The van der Waals surface area contributed by atoms with Gasteiger partial charge in [0.2, 0.25) is 0 Å². The summed E-state index contributed by atoms with van der Waals surface area (Å²) in [5.74, 6) is 1.87. The zero-order chi connectivity index (χ0) is 11.0. The Hall–Kier alpha value is -1.58. The van der Waals surface area contributed by atoms with E-state index in [1.54, 1.807) is 0 Å². The van der Waals surface area contributed by atoms with Crippen LogP contribution in [0.1, 0.15) is 19.3 Å². The summed E-state index contributed by atoms with van der Waals surface area (Å²) in [6, 6.07) is 1.99. The van der Waals surface area contributed by atoms with Crippen LogP contribution in [0.4, 0.5) is 5.82 Å². The fourth-order valence-corrected chi connectivity index (χ4v) is 1.99. The summed E-state index contributed by atoms with van der Waals surface area (Å²) >= 11 is 0. The molecule has 2 heterocycles. The van der Waals surface area contributed by atoms with Crippen LogP contribution in [0.3, 0.4) is 0 Å². The summed E-state index contributed by atoms with van der Waals surface area (Å²) in [5.41, 5.74) is 2.10. The molecule has 2 aromatic heterocycles. The van der Waals surface area contributed by atoms with Crippen LogP contribution in [0.2, 0.25) is 0 Å². The quantitative estimate of drug-likeness (QED) is 0.851. The van der Waals surface area contributed by atoms with E-state index in [4.69, 9.17) is 0 Å². The molecule has 0 amide bonds. The minimum Gasteiger partial charge on any atom is -0.368 e. The third kappa shape index (κ3) is 1.75. The summed E-state index contributed by atoms with van der Waals surface area (Å²) in [7, 11) is 2.00. The van der Waals surface area contributed by atoms with E-state index in [1.165, 1.54) is 19.3 Å². The van der Waals surface area contributed by atoms with E-state index in [0.717, 1.165) is 29.3 Å². The van der Waals surface area contributed by atoms with Crippen LogP contribution in [-0.4, -0.2) is 21.1 Å². The third-order valence-electron chi connectivity index (χ3n) is 3.18. The Morgan fingerprint density at radius 2 is 2.31 bits per heavy atom. The molecule has 1 aliphatic carbocycles. The van der Waals surface area contributed by atoms with Gasteiger partial charge in [-0.15, -0.1) is 0 Å². The van der Waals surface area contributed by atoms with Gasteiger partial charge in [0.05, 0.1) is 11.8 Å². The van der Waals surface area contributed by atoms with Gasteiger partial charge in [0.25, 0.3) is 0 Å². The van der Waals surface area contributed by atoms with E-state index in [1.807, 2.05) is 30.2 Å². The van der Waals surface area contributed by atoms with Crippen molar-refractivity contribution in [2.24, 2.45) is 13.0 Å². The van der Waals surface area contributed by atoms with Crippen molar-refractivity contribution in [3.8, 4) is 0 Å². The topological polar surface area (TPSA) is 42.7 Å². The lowest BCUT2D eigenvalue weighted by Gasteiger charge is -2.05. The highest BCUT2D eigenvalue weighted by atomic mass is 15.1. The van der Waals surface area contributed by atoms with Crippen LogP contribution in [-0.2, 0) is 7.05 Å². The number of aryl methyl sites for hydroxylation is 1. The first-order valence-electron chi connectivity index (χ1n) is 5.84. The number of pyridine rings is 1. The smallest absolute Gasteiger partial charge is 0.154 e. The van der Waals surface area contributed by atoms with Gasteiger partial charge in [0.1, 0.15) is 5.52 Å². The van der Waals surface area contributed by atoms with Crippen LogP contribution < -0.4 is 5.32 Å². The molecule has 0 atom stereocenters. The number of anilines is 1. The average Bonchev–Trinajstić information content (AvgIpc) is 3.04. The first-order chi connectivity index (χ1) is 7.84. The highest BCUT2D eigenvalue weighted by Crippen LogP contribution is 2.32. The van der Waals surface area contributed by atoms with Crippen molar-refractivity contribution in [1.82, 2.24) is 14.5 Å². The van der Waals surface area contributed by atoms with Gasteiger partial charge in [-0.2, -0.15) is 0 Å². The highest BCUT2D eigenvalue weighted by Gasteiger charge is 2.20. The fourth-order valence-electron chi connectivity index (χ4n) is 1.99. The molecule has 1 aliphatic rings. The molecule has 2 aromatic rings. The number of nitrogens with one attached hydrogen (secondary N) is 1. The lowest BCUT2D eigenvalue weighted by Crippen LogP contribution is -2.04. The van der Waals surface area contributed by atoms with E-state index in [2.05, 4.69) is 15.3 Å². The SMILES string of the molecule is Cn1cnc2c(NCCC3CC3)nccc21. The molecule has 84 valence electrons. The second-order valence-electron chi connectivity index (χ2n) is 4.54. The van der Waals surface area contributed by atoms with Gasteiger partial charge in [0.15, 0.2) is 5.82 Å². The molecule has 1 fully saturated rings. The van der Waals surface area contributed by atoms with Crippen molar-refractivity contribution in [2.75, 3.05) is 11.9 Å². The standard InChI is InChI=1S/C12H16N4/c1-16-8-15-11-10(16)5-7-14-12(11)13-6-4-9-2-3-9/h5,7-9H,2-4,6H2,1H3,(H,13,14). The lowest BCUT2D eigenvalue weighted by atomic mass is 10.3. The van der Waals surface area contributed by atoms with Gasteiger partial charge in [-0.3, -0.25) is 0 Å². The number of rotatable bonds is 4. The average molecular weight is 216 g/mol. The molecule has 4 heteroatoms. The second kappa shape index (κ2) is 3.77.